The number of benzene rings is 1. The van der Waals surface area contributed by atoms with Crippen molar-refractivity contribution in [2.24, 2.45) is 0 Å². The fourth-order valence-corrected chi connectivity index (χ4v) is 1.90. The van der Waals surface area contributed by atoms with E-state index in [0.717, 1.165) is 4.70 Å². The predicted molar refractivity (Wildman–Crippen MR) is 47.9 cm³/mol. The molecule has 0 saturated carbocycles. The summed E-state index contributed by atoms with van der Waals surface area (Å²) in [5.41, 5.74) is 5.46. The fraction of sp³-hybridized carbons (Fsp3) is 0. The molecule has 0 bridgehead atoms. The standard InChI is InChI=1S/C8H6FNOS/c9-5-1-4-7(11)3-12-8(4)2-6(5)10/h1-3,11H,10H2. The van der Waals surface area contributed by atoms with Gasteiger partial charge >= 0.3 is 0 Å². The quantitative estimate of drug-likeness (QED) is 0.616. The summed E-state index contributed by atoms with van der Waals surface area (Å²) in [5.74, 6) is -0.384. The molecule has 2 rings (SSSR count). The van der Waals surface area contributed by atoms with Crippen LogP contribution < -0.4 is 5.73 Å². The smallest absolute Gasteiger partial charge is 0.146 e. The molecular formula is C8H6FNOS. The van der Waals surface area contributed by atoms with E-state index in [1.165, 1.54) is 23.5 Å². The number of halogens is 1. The number of anilines is 1. The van der Waals surface area contributed by atoms with Gasteiger partial charge in [-0.2, -0.15) is 0 Å². The molecule has 0 atom stereocenters. The maximum atomic E-state index is 12.9. The lowest BCUT2D eigenvalue weighted by Gasteiger charge is -1.95. The van der Waals surface area contributed by atoms with Gasteiger partial charge in [-0.25, -0.2) is 4.39 Å². The third kappa shape index (κ3) is 0.921. The highest BCUT2D eigenvalue weighted by Crippen LogP contribution is 2.33. The van der Waals surface area contributed by atoms with Crippen molar-refractivity contribution < 1.29 is 9.50 Å². The number of rotatable bonds is 0. The maximum Gasteiger partial charge on any atom is 0.146 e. The van der Waals surface area contributed by atoms with Gasteiger partial charge < -0.3 is 10.8 Å². The highest BCUT2D eigenvalue weighted by Gasteiger charge is 2.06. The summed E-state index contributed by atoms with van der Waals surface area (Å²) in [6.45, 7) is 0. The summed E-state index contributed by atoms with van der Waals surface area (Å²) in [5, 5.41) is 11.3. The first kappa shape index (κ1) is 7.36. The molecule has 0 spiro atoms. The van der Waals surface area contributed by atoms with Crippen LogP contribution in [0.15, 0.2) is 17.5 Å². The summed E-state index contributed by atoms with van der Waals surface area (Å²) in [6.07, 6.45) is 0. The second kappa shape index (κ2) is 2.35. The lowest BCUT2D eigenvalue weighted by molar-refractivity contribution is 0.483. The molecule has 62 valence electrons. The van der Waals surface area contributed by atoms with Gasteiger partial charge in [0, 0.05) is 15.5 Å². The van der Waals surface area contributed by atoms with Gasteiger partial charge in [-0.05, 0) is 12.1 Å². The molecule has 1 heterocycles. The molecule has 0 saturated heterocycles. The fourth-order valence-electron chi connectivity index (χ4n) is 1.05. The molecule has 1 aromatic carbocycles. The average Bonchev–Trinajstić information content (AvgIpc) is 2.35. The molecule has 2 aromatic rings. The van der Waals surface area contributed by atoms with E-state index in [9.17, 15) is 9.50 Å². The normalized spacial score (nSPS) is 10.8. The van der Waals surface area contributed by atoms with Gasteiger partial charge in [-0.3, -0.25) is 0 Å². The molecule has 12 heavy (non-hydrogen) atoms. The van der Waals surface area contributed by atoms with Crippen molar-refractivity contribution in [2.75, 3.05) is 5.73 Å². The lowest BCUT2D eigenvalue weighted by atomic mass is 10.2. The highest BCUT2D eigenvalue weighted by atomic mass is 32.1. The zero-order valence-corrected chi connectivity index (χ0v) is 6.86. The third-order valence-electron chi connectivity index (χ3n) is 1.67. The van der Waals surface area contributed by atoms with Crippen LogP contribution in [0, 0.1) is 5.82 Å². The molecule has 3 N–H and O–H groups in total. The molecule has 0 aliphatic rings. The number of hydrogen-bond acceptors (Lipinski definition) is 3. The first-order valence-corrected chi connectivity index (χ1v) is 4.21. The maximum absolute atomic E-state index is 12.9. The highest BCUT2D eigenvalue weighted by molar-refractivity contribution is 7.17. The van der Waals surface area contributed by atoms with Crippen molar-refractivity contribution >= 4 is 27.1 Å². The van der Waals surface area contributed by atoms with Crippen molar-refractivity contribution in [2.45, 2.75) is 0 Å². The Balaban J connectivity index is 2.87. The van der Waals surface area contributed by atoms with Gasteiger partial charge in [0.25, 0.3) is 0 Å². The van der Waals surface area contributed by atoms with E-state index in [1.807, 2.05) is 0 Å². The molecule has 0 aliphatic carbocycles. The topological polar surface area (TPSA) is 46.2 Å². The number of nitrogens with two attached hydrogens (primary N) is 1. The van der Waals surface area contributed by atoms with Crippen molar-refractivity contribution in [3.8, 4) is 5.75 Å². The largest absolute Gasteiger partial charge is 0.506 e. The van der Waals surface area contributed by atoms with E-state index in [1.54, 1.807) is 5.38 Å². The van der Waals surface area contributed by atoms with Crippen LogP contribution in [0.5, 0.6) is 5.75 Å². The van der Waals surface area contributed by atoms with Crippen LogP contribution in [0.1, 0.15) is 0 Å². The molecule has 0 unspecified atom stereocenters. The van der Waals surface area contributed by atoms with Gasteiger partial charge in [0.15, 0.2) is 0 Å². The van der Waals surface area contributed by atoms with Gasteiger partial charge in [-0.1, -0.05) is 0 Å². The average molecular weight is 183 g/mol. The van der Waals surface area contributed by atoms with E-state index in [2.05, 4.69) is 0 Å². The summed E-state index contributed by atoms with van der Waals surface area (Å²) < 4.78 is 13.7. The van der Waals surface area contributed by atoms with Crippen LogP contribution in [0.25, 0.3) is 10.1 Å². The predicted octanol–water partition coefficient (Wildman–Crippen LogP) is 2.33. The lowest BCUT2D eigenvalue weighted by Crippen LogP contribution is -1.88. The van der Waals surface area contributed by atoms with E-state index < -0.39 is 5.82 Å². The Morgan fingerprint density at radius 1 is 1.42 bits per heavy atom. The van der Waals surface area contributed by atoms with E-state index in [-0.39, 0.29) is 11.4 Å². The van der Waals surface area contributed by atoms with Crippen molar-refractivity contribution in [3.63, 3.8) is 0 Å². The van der Waals surface area contributed by atoms with Crippen LogP contribution in [-0.2, 0) is 0 Å². The number of aromatic hydroxyl groups is 1. The molecular weight excluding hydrogens is 177 g/mol. The number of thiophene rings is 1. The number of nitrogen functional groups attached to an aromatic ring is 1. The van der Waals surface area contributed by atoms with Crippen molar-refractivity contribution in [1.82, 2.24) is 0 Å². The van der Waals surface area contributed by atoms with Gasteiger partial charge in [-0.15, -0.1) is 11.3 Å². The summed E-state index contributed by atoms with van der Waals surface area (Å²) in [6, 6.07) is 2.77. The zero-order valence-electron chi connectivity index (χ0n) is 6.04. The summed E-state index contributed by atoms with van der Waals surface area (Å²) in [4.78, 5) is 0. The first-order chi connectivity index (χ1) is 5.68. The van der Waals surface area contributed by atoms with E-state index in [4.69, 9.17) is 5.73 Å². The third-order valence-corrected chi connectivity index (χ3v) is 2.61. The van der Waals surface area contributed by atoms with Crippen LogP contribution in [-0.4, -0.2) is 5.11 Å². The Hall–Kier alpha value is -1.29. The minimum atomic E-state index is -0.490. The van der Waals surface area contributed by atoms with Gasteiger partial charge in [0.2, 0.25) is 0 Å². The van der Waals surface area contributed by atoms with Gasteiger partial charge in [0.05, 0.1) is 5.69 Å². The second-order valence-corrected chi connectivity index (χ2v) is 3.40. The molecule has 0 radical (unpaired) electrons. The molecule has 2 nitrogen and oxygen atoms in total. The summed E-state index contributed by atoms with van der Waals surface area (Å²) in [7, 11) is 0. The van der Waals surface area contributed by atoms with E-state index >= 15 is 0 Å². The molecule has 0 fully saturated rings. The molecule has 1 aromatic heterocycles. The Morgan fingerprint density at radius 3 is 2.92 bits per heavy atom. The Bertz CT molecular complexity index is 438. The van der Waals surface area contributed by atoms with Crippen LogP contribution in [0.4, 0.5) is 10.1 Å². The second-order valence-electron chi connectivity index (χ2n) is 2.49. The van der Waals surface area contributed by atoms with Crippen LogP contribution in [0.2, 0.25) is 0 Å². The number of fused-ring (bicyclic) bond motifs is 1. The van der Waals surface area contributed by atoms with Crippen LogP contribution >= 0.6 is 11.3 Å². The molecule has 0 amide bonds. The van der Waals surface area contributed by atoms with Crippen LogP contribution in [0.3, 0.4) is 0 Å². The molecule has 0 aliphatic heterocycles. The van der Waals surface area contributed by atoms with E-state index in [0.29, 0.717) is 5.39 Å². The minimum absolute atomic E-state index is 0.105. The molecule has 4 heteroatoms. The summed E-state index contributed by atoms with van der Waals surface area (Å²) >= 11 is 1.34. The first-order valence-electron chi connectivity index (χ1n) is 3.33. The zero-order chi connectivity index (χ0) is 8.72. The Morgan fingerprint density at radius 2 is 2.17 bits per heavy atom. The Kier molecular flexibility index (Phi) is 1.44. The monoisotopic (exact) mass is 183 g/mol. The SMILES string of the molecule is Nc1cc2scc(O)c2cc1F. The Labute approximate surface area is 72.1 Å². The van der Waals surface area contributed by atoms with Gasteiger partial charge in [0.1, 0.15) is 11.6 Å². The number of hydrogen-bond donors (Lipinski definition) is 2. The minimum Gasteiger partial charge on any atom is -0.506 e. The van der Waals surface area contributed by atoms with Crippen molar-refractivity contribution in [3.05, 3.63) is 23.3 Å². The van der Waals surface area contributed by atoms with Crippen molar-refractivity contribution in [1.29, 1.82) is 0 Å².